The average Bonchev–Trinajstić information content (AvgIpc) is 3.36. The quantitative estimate of drug-likeness (QED) is 0.0334. The molecule has 0 bridgehead atoms. The summed E-state index contributed by atoms with van der Waals surface area (Å²) in [5.41, 5.74) is 0.730. The Morgan fingerprint density at radius 1 is 0.690 bits per heavy atom. The first-order chi connectivity index (χ1) is 34.1. The molecule has 1 unspecified atom stereocenters. The monoisotopic (exact) mass is 1050 g/mol. The Kier molecular flexibility index (Phi) is 14.8. The van der Waals surface area contributed by atoms with Crippen molar-refractivity contribution in [1.29, 1.82) is 0 Å². The number of benzene rings is 3. The minimum absolute atomic E-state index is 0.000690. The van der Waals surface area contributed by atoms with E-state index < -0.39 is 43.7 Å². The number of sulfonamides is 1. The van der Waals surface area contributed by atoms with Gasteiger partial charge in [0, 0.05) is 72.8 Å². The molecule has 0 fully saturated rings. The Bertz CT molecular complexity index is 3590. The van der Waals surface area contributed by atoms with Gasteiger partial charge >= 0.3 is 0 Å². The van der Waals surface area contributed by atoms with Crippen LogP contribution in [0.25, 0.3) is 44.3 Å². The summed E-state index contributed by atoms with van der Waals surface area (Å²) in [4.78, 5) is 30.2. The number of ether oxygens (including phenoxy) is 3. The molecule has 0 saturated heterocycles. The van der Waals surface area contributed by atoms with Crippen LogP contribution in [0.15, 0.2) is 95.1 Å². The van der Waals surface area contributed by atoms with Gasteiger partial charge in [-0.15, -0.1) is 0 Å². The number of nitrogens with zero attached hydrogens (tertiary/aromatic N) is 7. The van der Waals surface area contributed by atoms with E-state index in [0.29, 0.717) is 27.9 Å². The van der Waals surface area contributed by atoms with E-state index in [0.717, 1.165) is 0 Å². The molecule has 71 heavy (non-hydrogen) atoms. The molecular formula is C46H42Cl2F2N12O7S2. The first kappa shape index (κ1) is 50.1. The molecule has 0 amide bonds. The molecule has 0 spiro atoms. The number of methoxy groups -OCH3 is 1. The van der Waals surface area contributed by atoms with Crippen molar-refractivity contribution in [3.8, 4) is 34.0 Å². The van der Waals surface area contributed by atoms with Crippen molar-refractivity contribution in [1.82, 2.24) is 34.9 Å². The molecular weight excluding hydrogens is 1010 g/mol. The second-order valence-electron chi connectivity index (χ2n) is 15.2. The topological polar surface area (TPSA) is 250 Å². The summed E-state index contributed by atoms with van der Waals surface area (Å²) in [6.07, 6.45) is 4.33. The largest absolute Gasteiger partial charge is 0.480 e. The molecule has 25 heteroatoms. The minimum atomic E-state index is -4.54. The van der Waals surface area contributed by atoms with Crippen LogP contribution < -0.4 is 34.9 Å². The Labute approximate surface area is 415 Å². The maximum Gasteiger partial charge on any atom is 0.263 e. The van der Waals surface area contributed by atoms with Crippen LogP contribution in [0.5, 0.6) is 11.8 Å². The number of hydrogen-bond acceptors (Lipinski definition) is 17. The number of aliphatic hydroxyl groups excluding tert-OH is 1. The molecule has 0 aliphatic rings. The van der Waals surface area contributed by atoms with Crippen LogP contribution in [0.4, 0.5) is 37.9 Å². The van der Waals surface area contributed by atoms with Gasteiger partial charge in [0.05, 0.1) is 58.1 Å². The molecule has 5 aromatic heterocycles. The van der Waals surface area contributed by atoms with Gasteiger partial charge < -0.3 is 40.0 Å². The van der Waals surface area contributed by atoms with Crippen LogP contribution in [0, 0.1) is 11.6 Å². The number of rotatable bonds is 19. The molecule has 3 aromatic carbocycles. The smallest absolute Gasteiger partial charge is 0.263 e. The van der Waals surface area contributed by atoms with Crippen molar-refractivity contribution in [2.75, 3.05) is 66.9 Å². The molecule has 8 aromatic rings. The lowest BCUT2D eigenvalue weighted by Crippen LogP contribution is -2.16. The minimum Gasteiger partial charge on any atom is -0.480 e. The van der Waals surface area contributed by atoms with Gasteiger partial charge in [-0.1, -0.05) is 47.5 Å². The summed E-state index contributed by atoms with van der Waals surface area (Å²) in [5, 5.41) is 19.3. The molecule has 368 valence electrons. The first-order valence-electron chi connectivity index (χ1n) is 21.0. The van der Waals surface area contributed by atoms with Crippen molar-refractivity contribution >= 4 is 100.0 Å². The van der Waals surface area contributed by atoms with Crippen LogP contribution in [-0.4, -0.2) is 100.0 Å². The van der Waals surface area contributed by atoms with Gasteiger partial charge in [0.15, 0.2) is 22.9 Å². The summed E-state index contributed by atoms with van der Waals surface area (Å²) in [6.45, 7) is -1.02. The summed E-state index contributed by atoms with van der Waals surface area (Å²) >= 11 is 12.5. The lowest BCUT2D eigenvalue weighted by molar-refractivity contribution is 0.0878. The zero-order valence-corrected chi connectivity index (χ0v) is 41.1. The highest BCUT2D eigenvalue weighted by Gasteiger charge is 2.26. The van der Waals surface area contributed by atoms with Crippen molar-refractivity contribution < 1.29 is 40.7 Å². The highest BCUT2D eigenvalue weighted by Crippen LogP contribution is 2.39. The van der Waals surface area contributed by atoms with Crippen LogP contribution in [0.3, 0.4) is 0 Å². The van der Waals surface area contributed by atoms with Crippen molar-refractivity contribution in [2.24, 2.45) is 0 Å². The first-order valence-corrected chi connectivity index (χ1v) is 25.0. The number of nitrogens with one attached hydrogen (secondary N) is 5. The van der Waals surface area contributed by atoms with Gasteiger partial charge in [0.2, 0.25) is 23.7 Å². The lowest BCUT2D eigenvalue weighted by Gasteiger charge is -2.18. The van der Waals surface area contributed by atoms with Crippen LogP contribution in [0.2, 0.25) is 10.0 Å². The van der Waals surface area contributed by atoms with E-state index in [1.165, 1.54) is 80.3 Å². The van der Waals surface area contributed by atoms with Gasteiger partial charge in [-0.2, -0.15) is 15.0 Å². The Morgan fingerprint density at radius 3 is 2.04 bits per heavy atom. The third-order valence-electron chi connectivity index (χ3n) is 10.6. The highest BCUT2D eigenvalue weighted by molar-refractivity contribution is 8.01. The van der Waals surface area contributed by atoms with Crippen molar-refractivity contribution in [2.45, 2.75) is 23.0 Å². The summed E-state index contributed by atoms with van der Waals surface area (Å²) in [5.74, 6) is 2.75. The number of aliphatic hydroxyl groups is 1. The van der Waals surface area contributed by atoms with E-state index in [2.05, 4.69) is 66.2 Å². The lowest BCUT2D eigenvalue weighted by atomic mass is 10.0. The number of hydrogen-bond donors (Lipinski definition) is 6. The number of fused-ring (bicyclic) bond motifs is 2. The predicted molar refractivity (Wildman–Crippen MR) is 270 cm³/mol. The number of anilines is 5. The molecule has 0 radical (unpaired) electrons. The molecule has 0 aliphatic heterocycles. The van der Waals surface area contributed by atoms with E-state index in [4.69, 9.17) is 37.4 Å². The van der Waals surface area contributed by atoms with E-state index in [9.17, 15) is 17.7 Å². The Morgan fingerprint density at radius 2 is 1.37 bits per heavy atom. The fourth-order valence-corrected chi connectivity index (χ4v) is 10.5. The maximum atomic E-state index is 16.9. The molecule has 19 nitrogen and oxygen atoms in total. The number of pyridine rings is 3. The molecule has 6 N–H and O–H groups in total. The highest BCUT2D eigenvalue weighted by atomic mass is 35.5. The van der Waals surface area contributed by atoms with Gasteiger partial charge in [0.1, 0.15) is 22.2 Å². The second kappa shape index (κ2) is 21.0. The molecule has 0 aliphatic carbocycles. The standard InChI is InChI=1S/C46H42Cl2F2N12O7S2/c1-51-42-31(16-26-19-55-45(52-2)59-40(26)57-42)30-14-24(15-34(39(30)50)62-71(65,66)35-11-6-8-25(22-63)37(35)48)23-68-12-13-69-43-32(17-27-20-56-46(53-3)60-41(27)58-43)29-9-7-10-33(38(29)49)61-70(5,64)36-18-28(47)21-54-44(36)67-4/h6-11,14-21,62-63H,5,12-13,22-23H2,1-4H3,(H,61,64)(H,53,56,58,60)(H2,51,52,55,57,59). The van der Waals surface area contributed by atoms with Crippen LogP contribution in [-0.2, 0) is 37.7 Å². The number of halogens is 4. The van der Waals surface area contributed by atoms with Crippen LogP contribution in [0.1, 0.15) is 11.1 Å². The molecule has 1 atom stereocenters. The van der Waals surface area contributed by atoms with Crippen LogP contribution >= 0.6 is 23.2 Å². The predicted octanol–water partition coefficient (Wildman–Crippen LogP) is 7.80. The van der Waals surface area contributed by atoms with E-state index in [1.54, 1.807) is 33.3 Å². The van der Waals surface area contributed by atoms with Gasteiger partial charge in [-0.05, 0) is 59.5 Å². The van der Waals surface area contributed by atoms with Crippen molar-refractivity contribution in [3.63, 3.8) is 0 Å². The van der Waals surface area contributed by atoms with Gasteiger partial charge in [-0.3, -0.25) is 4.72 Å². The third-order valence-corrected chi connectivity index (χ3v) is 14.3. The van der Waals surface area contributed by atoms with Gasteiger partial charge in [0.25, 0.3) is 10.0 Å². The average molecular weight is 1050 g/mol. The zero-order valence-electron chi connectivity index (χ0n) is 38.0. The molecule has 0 saturated carbocycles. The summed E-state index contributed by atoms with van der Waals surface area (Å²) in [7, 11) is -1.83. The SMILES string of the molecule is C=S(=O)(Nc1cccc(-c2cc3cnc(NC)nc3nc2OCCOCc2cc(NS(=O)(=O)c3cccc(CO)c3Cl)c(F)c(-c3cc4cnc(NC)nc4nc3NC)c2)c1F)c1cc(Cl)cnc1OC. The van der Waals surface area contributed by atoms with E-state index in [-0.39, 0.29) is 102 Å². The fourth-order valence-electron chi connectivity index (χ4n) is 7.21. The zero-order chi connectivity index (χ0) is 50.6. The van der Waals surface area contributed by atoms with E-state index in [1.807, 2.05) is 0 Å². The molecule has 8 rings (SSSR count). The third kappa shape index (κ3) is 10.6. The summed E-state index contributed by atoms with van der Waals surface area (Å²) in [6, 6.07) is 15.8. The fraction of sp³-hybridized carbons (Fsp3) is 0.174. The summed E-state index contributed by atoms with van der Waals surface area (Å²) < 4.78 is 97.6. The number of aromatic nitrogens is 7. The Balaban J connectivity index is 1.10. The normalized spacial score (nSPS) is 12.4. The maximum absolute atomic E-state index is 16.9. The Hall–Kier alpha value is -7.28. The van der Waals surface area contributed by atoms with Crippen molar-refractivity contribution in [3.05, 3.63) is 118 Å². The van der Waals surface area contributed by atoms with Gasteiger partial charge in [-0.25, -0.2) is 41.3 Å². The molecule has 5 heterocycles. The van der Waals surface area contributed by atoms with E-state index >= 15 is 8.78 Å². The second-order valence-corrected chi connectivity index (χ2v) is 19.7.